The van der Waals surface area contributed by atoms with Gasteiger partial charge in [-0.1, -0.05) is 31.5 Å². The van der Waals surface area contributed by atoms with Gasteiger partial charge in [0.15, 0.2) is 0 Å². The Hall–Kier alpha value is -1.61. The molecule has 1 atom stereocenters. The molecular weight excluding hydrogens is 222 g/mol. The van der Waals surface area contributed by atoms with Crippen LogP contribution in [-0.2, 0) is 6.42 Å². The molecule has 0 aliphatic rings. The van der Waals surface area contributed by atoms with E-state index in [0.29, 0.717) is 6.04 Å². The Kier molecular flexibility index (Phi) is 4.53. The molecule has 2 rings (SSSR count). The number of hydrogen-bond acceptors (Lipinski definition) is 2. The summed E-state index contributed by atoms with van der Waals surface area (Å²) >= 11 is 0. The van der Waals surface area contributed by atoms with Gasteiger partial charge in [-0.05, 0) is 37.5 Å². The van der Waals surface area contributed by atoms with E-state index in [1.807, 2.05) is 29.1 Å². The van der Waals surface area contributed by atoms with Crippen LogP contribution in [0.4, 0.5) is 0 Å². The minimum absolute atomic E-state index is 0.300. The van der Waals surface area contributed by atoms with Gasteiger partial charge >= 0.3 is 0 Å². The summed E-state index contributed by atoms with van der Waals surface area (Å²) < 4.78 is 2.00. The summed E-state index contributed by atoms with van der Waals surface area (Å²) in [5.74, 6) is 0. The summed E-state index contributed by atoms with van der Waals surface area (Å²) in [5, 5.41) is 4.39. The number of aromatic nitrogens is 2. The maximum atomic E-state index is 6.06. The molecule has 0 spiro atoms. The third kappa shape index (κ3) is 3.20. The molecule has 1 unspecified atom stereocenters. The number of nitrogens with two attached hydrogens (primary N) is 1. The summed E-state index contributed by atoms with van der Waals surface area (Å²) in [7, 11) is 0. The summed E-state index contributed by atoms with van der Waals surface area (Å²) in [6, 6.07) is 12.6. The largest absolute Gasteiger partial charge is 0.328 e. The van der Waals surface area contributed by atoms with E-state index >= 15 is 0 Å². The van der Waals surface area contributed by atoms with E-state index in [0.717, 1.165) is 31.4 Å². The SMILES string of the molecule is CCCC(N)CCc1ccnn1-c1ccccc1. The summed E-state index contributed by atoms with van der Waals surface area (Å²) in [6.07, 6.45) is 6.11. The smallest absolute Gasteiger partial charge is 0.0648 e. The molecule has 96 valence electrons. The highest BCUT2D eigenvalue weighted by Gasteiger charge is 2.07. The summed E-state index contributed by atoms with van der Waals surface area (Å²) in [6.45, 7) is 2.17. The molecule has 0 amide bonds. The van der Waals surface area contributed by atoms with Crippen LogP contribution < -0.4 is 5.73 Å². The van der Waals surface area contributed by atoms with Crippen molar-refractivity contribution in [2.24, 2.45) is 5.73 Å². The van der Waals surface area contributed by atoms with Crippen molar-refractivity contribution in [1.82, 2.24) is 9.78 Å². The van der Waals surface area contributed by atoms with Crippen LogP contribution in [0.25, 0.3) is 5.69 Å². The number of aryl methyl sites for hydroxylation is 1. The third-order valence-electron chi connectivity index (χ3n) is 3.15. The van der Waals surface area contributed by atoms with E-state index in [4.69, 9.17) is 5.73 Å². The lowest BCUT2D eigenvalue weighted by Gasteiger charge is -2.11. The fraction of sp³-hybridized carbons (Fsp3) is 0.400. The molecule has 1 aromatic carbocycles. The Labute approximate surface area is 109 Å². The molecule has 1 heterocycles. The molecule has 0 aliphatic heterocycles. The van der Waals surface area contributed by atoms with E-state index in [-0.39, 0.29) is 0 Å². The van der Waals surface area contributed by atoms with Gasteiger partial charge in [0.25, 0.3) is 0 Å². The van der Waals surface area contributed by atoms with Crippen LogP contribution >= 0.6 is 0 Å². The van der Waals surface area contributed by atoms with Crippen molar-refractivity contribution in [1.29, 1.82) is 0 Å². The van der Waals surface area contributed by atoms with Crippen molar-refractivity contribution < 1.29 is 0 Å². The van der Waals surface area contributed by atoms with Crippen molar-refractivity contribution in [3.05, 3.63) is 48.3 Å². The Morgan fingerprint density at radius 3 is 2.67 bits per heavy atom. The first-order chi connectivity index (χ1) is 8.81. The zero-order chi connectivity index (χ0) is 12.8. The molecule has 0 saturated heterocycles. The minimum atomic E-state index is 0.300. The fourth-order valence-electron chi connectivity index (χ4n) is 2.17. The molecule has 2 N–H and O–H groups in total. The van der Waals surface area contributed by atoms with Gasteiger partial charge in [-0.2, -0.15) is 5.10 Å². The van der Waals surface area contributed by atoms with E-state index < -0.39 is 0 Å². The van der Waals surface area contributed by atoms with Gasteiger partial charge in [0.1, 0.15) is 0 Å². The molecule has 3 nitrogen and oxygen atoms in total. The van der Waals surface area contributed by atoms with Crippen LogP contribution in [-0.4, -0.2) is 15.8 Å². The van der Waals surface area contributed by atoms with E-state index in [2.05, 4.69) is 30.2 Å². The van der Waals surface area contributed by atoms with Gasteiger partial charge in [0, 0.05) is 17.9 Å². The molecule has 2 aromatic rings. The molecule has 3 heteroatoms. The molecule has 0 bridgehead atoms. The molecular formula is C15H21N3. The normalized spacial score (nSPS) is 12.6. The lowest BCUT2D eigenvalue weighted by molar-refractivity contribution is 0.552. The number of para-hydroxylation sites is 1. The Bertz CT molecular complexity index is 462. The Morgan fingerprint density at radius 2 is 1.94 bits per heavy atom. The van der Waals surface area contributed by atoms with Gasteiger partial charge in [0.2, 0.25) is 0 Å². The van der Waals surface area contributed by atoms with Crippen LogP contribution in [0.3, 0.4) is 0 Å². The van der Waals surface area contributed by atoms with Crippen LogP contribution in [0.5, 0.6) is 0 Å². The second kappa shape index (κ2) is 6.36. The predicted octanol–water partition coefficient (Wildman–Crippen LogP) is 2.93. The van der Waals surface area contributed by atoms with E-state index in [9.17, 15) is 0 Å². The van der Waals surface area contributed by atoms with E-state index in [1.165, 1.54) is 5.69 Å². The first kappa shape index (κ1) is 12.8. The lowest BCUT2D eigenvalue weighted by atomic mass is 10.1. The highest BCUT2D eigenvalue weighted by Crippen LogP contribution is 2.12. The number of hydrogen-bond donors (Lipinski definition) is 1. The molecule has 0 saturated carbocycles. The number of benzene rings is 1. The Morgan fingerprint density at radius 1 is 1.17 bits per heavy atom. The molecule has 0 fully saturated rings. The highest BCUT2D eigenvalue weighted by molar-refractivity contribution is 5.32. The monoisotopic (exact) mass is 243 g/mol. The molecule has 1 aromatic heterocycles. The number of rotatable bonds is 6. The van der Waals surface area contributed by atoms with Gasteiger partial charge in [-0.3, -0.25) is 0 Å². The second-order valence-electron chi connectivity index (χ2n) is 4.66. The highest BCUT2D eigenvalue weighted by atomic mass is 15.3. The predicted molar refractivity (Wildman–Crippen MR) is 74.8 cm³/mol. The van der Waals surface area contributed by atoms with Gasteiger partial charge < -0.3 is 5.73 Å². The first-order valence-corrected chi connectivity index (χ1v) is 6.65. The maximum absolute atomic E-state index is 6.06. The Balaban J connectivity index is 2.05. The third-order valence-corrected chi connectivity index (χ3v) is 3.15. The average molecular weight is 243 g/mol. The summed E-state index contributed by atoms with van der Waals surface area (Å²) in [5.41, 5.74) is 8.40. The summed E-state index contributed by atoms with van der Waals surface area (Å²) in [4.78, 5) is 0. The van der Waals surface area contributed by atoms with Gasteiger partial charge in [-0.15, -0.1) is 0 Å². The topological polar surface area (TPSA) is 43.8 Å². The van der Waals surface area contributed by atoms with Gasteiger partial charge in [0.05, 0.1) is 5.69 Å². The standard InChI is InChI=1S/C15H21N3/c1-2-6-13(16)9-10-15-11-12-17-18(15)14-7-4-3-5-8-14/h3-5,7-8,11-13H,2,6,9-10,16H2,1H3. The first-order valence-electron chi connectivity index (χ1n) is 6.65. The average Bonchev–Trinajstić information content (AvgIpc) is 2.86. The second-order valence-corrected chi connectivity index (χ2v) is 4.66. The van der Waals surface area contributed by atoms with Crippen molar-refractivity contribution in [2.75, 3.05) is 0 Å². The van der Waals surface area contributed by atoms with Crippen LogP contribution in [0.15, 0.2) is 42.6 Å². The van der Waals surface area contributed by atoms with Crippen LogP contribution in [0.1, 0.15) is 31.9 Å². The quantitative estimate of drug-likeness (QED) is 0.847. The van der Waals surface area contributed by atoms with Crippen LogP contribution in [0, 0.1) is 0 Å². The lowest BCUT2D eigenvalue weighted by Crippen LogP contribution is -2.20. The van der Waals surface area contributed by atoms with Gasteiger partial charge in [-0.25, -0.2) is 4.68 Å². The fourth-order valence-corrected chi connectivity index (χ4v) is 2.17. The van der Waals surface area contributed by atoms with E-state index in [1.54, 1.807) is 0 Å². The van der Waals surface area contributed by atoms with Crippen molar-refractivity contribution >= 4 is 0 Å². The zero-order valence-corrected chi connectivity index (χ0v) is 10.9. The minimum Gasteiger partial charge on any atom is -0.328 e. The van der Waals surface area contributed by atoms with Crippen molar-refractivity contribution in [3.63, 3.8) is 0 Å². The maximum Gasteiger partial charge on any atom is 0.0648 e. The van der Waals surface area contributed by atoms with Crippen molar-refractivity contribution in [3.8, 4) is 5.69 Å². The molecule has 0 radical (unpaired) electrons. The molecule has 0 aliphatic carbocycles. The zero-order valence-electron chi connectivity index (χ0n) is 10.9. The number of nitrogens with zero attached hydrogens (tertiary/aromatic N) is 2. The molecule has 18 heavy (non-hydrogen) atoms. The van der Waals surface area contributed by atoms with Crippen molar-refractivity contribution in [2.45, 2.75) is 38.6 Å². The van der Waals surface area contributed by atoms with Crippen LogP contribution in [0.2, 0.25) is 0 Å².